The van der Waals surface area contributed by atoms with Crippen LogP contribution in [0.25, 0.3) is 0 Å². The van der Waals surface area contributed by atoms with E-state index in [9.17, 15) is 0 Å². The van der Waals surface area contributed by atoms with E-state index in [-0.39, 0.29) is 0 Å². The fourth-order valence-electron chi connectivity index (χ4n) is 2.75. The highest BCUT2D eigenvalue weighted by Crippen LogP contribution is 2.56. The summed E-state index contributed by atoms with van der Waals surface area (Å²) in [5, 5.41) is 4.03. The summed E-state index contributed by atoms with van der Waals surface area (Å²) in [6.07, 6.45) is 0. The monoisotopic (exact) mass is 289 g/mol. The molecule has 0 saturated carbocycles. The van der Waals surface area contributed by atoms with Crippen molar-refractivity contribution in [1.82, 2.24) is 0 Å². The Hall–Kier alpha value is -2.17. The van der Waals surface area contributed by atoms with Gasteiger partial charge in [0, 0.05) is 0 Å². The second kappa shape index (κ2) is 6.08. The summed E-state index contributed by atoms with van der Waals surface area (Å²) in [5.74, 6) is 2.16. The Labute approximate surface area is 127 Å². The molecule has 21 heavy (non-hydrogen) atoms. The molecule has 0 bridgehead atoms. The van der Waals surface area contributed by atoms with Crippen molar-refractivity contribution in [1.29, 1.82) is 0 Å². The van der Waals surface area contributed by atoms with E-state index < -0.39 is 7.26 Å². The SMILES string of the molecule is C=C[P+](c1ccccc1)(c1ccccc1)c1ccccc1. The Kier molecular flexibility index (Phi) is 3.99. The van der Waals surface area contributed by atoms with Crippen molar-refractivity contribution in [3.63, 3.8) is 0 Å². The van der Waals surface area contributed by atoms with Crippen LogP contribution in [0, 0.1) is 0 Å². The molecule has 0 saturated heterocycles. The Morgan fingerprint density at radius 2 is 0.810 bits per heavy atom. The van der Waals surface area contributed by atoms with E-state index in [1.165, 1.54) is 15.9 Å². The third kappa shape index (κ3) is 2.44. The second-order valence-corrected chi connectivity index (χ2v) is 8.27. The van der Waals surface area contributed by atoms with E-state index in [1.54, 1.807) is 0 Å². The molecule has 102 valence electrons. The zero-order chi connectivity index (χ0) is 14.5. The smallest absolute Gasteiger partial charge is 0.0627 e. The summed E-state index contributed by atoms with van der Waals surface area (Å²) < 4.78 is 0. The molecule has 0 radical (unpaired) electrons. The van der Waals surface area contributed by atoms with Gasteiger partial charge in [-0.1, -0.05) is 61.2 Å². The van der Waals surface area contributed by atoms with Gasteiger partial charge >= 0.3 is 0 Å². The molecule has 0 fully saturated rings. The molecule has 0 atom stereocenters. The maximum Gasteiger partial charge on any atom is 0.136 e. The van der Waals surface area contributed by atoms with Gasteiger partial charge in [0.2, 0.25) is 0 Å². The topological polar surface area (TPSA) is 0 Å². The quantitative estimate of drug-likeness (QED) is 0.634. The highest BCUT2D eigenvalue weighted by molar-refractivity contribution is 7.98. The van der Waals surface area contributed by atoms with Gasteiger partial charge in [-0.2, -0.15) is 0 Å². The highest BCUT2D eigenvalue weighted by Gasteiger charge is 2.42. The predicted octanol–water partition coefficient (Wildman–Crippen LogP) is 4.12. The molecule has 3 aromatic rings. The predicted molar refractivity (Wildman–Crippen MR) is 95.3 cm³/mol. The van der Waals surface area contributed by atoms with Gasteiger partial charge in [-0.25, -0.2) is 0 Å². The van der Waals surface area contributed by atoms with Gasteiger partial charge in [0.15, 0.2) is 0 Å². The third-order valence-electron chi connectivity index (χ3n) is 3.76. The maximum atomic E-state index is 4.21. The molecule has 1 heteroatoms. The minimum Gasteiger partial charge on any atom is -0.0627 e. The lowest BCUT2D eigenvalue weighted by atomic mass is 10.4. The van der Waals surface area contributed by atoms with Crippen LogP contribution in [0.5, 0.6) is 0 Å². The first-order valence-corrected chi connectivity index (χ1v) is 8.93. The molecule has 0 nitrogen and oxygen atoms in total. The van der Waals surface area contributed by atoms with Crippen LogP contribution in [-0.2, 0) is 0 Å². The molecular weight excluding hydrogens is 271 g/mol. The fraction of sp³-hybridized carbons (Fsp3) is 0. The molecule has 0 aromatic heterocycles. The van der Waals surface area contributed by atoms with Crippen molar-refractivity contribution < 1.29 is 0 Å². The maximum absolute atomic E-state index is 4.21. The van der Waals surface area contributed by atoms with Gasteiger partial charge in [0.1, 0.15) is 23.2 Å². The summed E-state index contributed by atoms with van der Waals surface area (Å²) in [4.78, 5) is 0. The van der Waals surface area contributed by atoms with E-state index in [0.29, 0.717) is 0 Å². The van der Waals surface area contributed by atoms with Gasteiger partial charge in [0.25, 0.3) is 0 Å². The minimum atomic E-state index is -1.77. The molecule has 0 unspecified atom stereocenters. The van der Waals surface area contributed by atoms with Crippen molar-refractivity contribution in [2.45, 2.75) is 0 Å². The summed E-state index contributed by atoms with van der Waals surface area (Å²) in [7, 11) is -1.77. The van der Waals surface area contributed by atoms with Crippen LogP contribution < -0.4 is 15.9 Å². The Morgan fingerprint density at radius 3 is 1.05 bits per heavy atom. The van der Waals surface area contributed by atoms with Crippen molar-refractivity contribution >= 4 is 23.2 Å². The second-order valence-electron chi connectivity index (χ2n) is 4.91. The van der Waals surface area contributed by atoms with E-state index in [1.807, 2.05) is 0 Å². The van der Waals surface area contributed by atoms with Crippen LogP contribution in [0.15, 0.2) is 103 Å². The van der Waals surface area contributed by atoms with Crippen LogP contribution >= 0.6 is 7.26 Å². The Balaban J connectivity index is 2.31. The lowest BCUT2D eigenvalue weighted by Gasteiger charge is -2.23. The van der Waals surface area contributed by atoms with Crippen LogP contribution in [0.2, 0.25) is 0 Å². The summed E-state index contributed by atoms with van der Waals surface area (Å²) in [6, 6.07) is 32.2. The number of rotatable bonds is 4. The summed E-state index contributed by atoms with van der Waals surface area (Å²) in [6.45, 7) is 4.21. The van der Waals surface area contributed by atoms with Gasteiger partial charge in [-0.3, -0.25) is 0 Å². The molecule has 3 aromatic carbocycles. The van der Waals surface area contributed by atoms with Crippen molar-refractivity contribution in [2.75, 3.05) is 0 Å². The summed E-state index contributed by atoms with van der Waals surface area (Å²) >= 11 is 0. The third-order valence-corrected chi connectivity index (χ3v) is 7.65. The van der Waals surface area contributed by atoms with Crippen molar-refractivity contribution in [3.8, 4) is 0 Å². The first-order chi connectivity index (χ1) is 10.4. The first kappa shape index (κ1) is 13.8. The number of hydrogen-bond donors (Lipinski definition) is 0. The normalized spacial score (nSPS) is 11.0. The summed E-state index contributed by atoms with van der Waals surface area (Å²) in [5.41, 5.74) is 0. The highest BCUT2D eigenvalue weighted by atomic mass is 31.2. The van der Waals surface area contributed by atoms with Crippen LogP contribution in [0.1, 0.15) is 0 Å². The van der Waals surface area contributed by atoms with Gasteiger partial charge in [-0.05, 0) is 36.4 Å². The fourth-order valence-corrected chi connectivity index (χ4v) is 6.21. The molecule has 0 amide bonds. The molecule has 0 N–H and O–H groups in total. The first-order valence-electron chi connectivity index (χ1n) is 7.07. The number of benzene rings is 3. The van der Waals surface area contributed by atoms with E-state index in [4.69, 9.17) is 0 Å². The zero-order valence-electron chi connectivity index (χ0n) is 11.9. The average Bonchev–Trinajstić information content (AvgIpc) is 2.59. The molecule has 0 aliphatic heterocycles. The Morgan fingerprint density at radius 1 is 0.524 bits per heavy atom. The van der Waals surface area contributed by atoms with Gasteiger partial charge in [-0.15, -0.1) is 0 Å². The van der Waals surface area contributed by atoms with Crippen LogP contribution in [0.3, 0.4) is 0 Å². The molecule has 0 spiro atoms. The standard InChI is InChI=1S/C20H18P/c1-2-21(18-12-6-3-7-13-18,19-14-8-4-9-15-19)20-16-10-5-11-17-20/h2-17H,1H2/q+1. The molecule has 0 aliphatic rings. The lowest BCUT2D eigenvalue weighted by Crippen LogP contribution is -2.29. The molecule has 3 rings (SSSR count). The van der Waals surface area contributed by atoms with Gasteiger partial charge in [0.05, 0.1) is 5.82 Å². The molecule has 0 heterocycles. The minimum absolute atomic E-state index is 1.34. The van der Waals surface area contributed by atoms with Crippen molar-refractivity contribution in [3.05, 3.63) is 103 Å². The molecule has 0 aliphatic carbocycles. The van der Waals surface area contributed by atoms with E-state index in [0.717, 1.165) is 0 Å². The Bertz CT molecular complexity index is 606. The average molecular weight is 289 g/mol. The van der Waals surface area contributed by atoms with Gasteiger partial charge < -0.3 is 0 Å². The lowest BCUT2D eigenvalue weighted by molar-refractivity contribution is 1.72. The van der Waals surface area contributed by atoms with Crippen molar-refractivity contribution in [2.24, 2.45) is 0 Å². The zero-order valence-corrected chi connectivity index (χ0v) is 12.8. The largest absolute Gasteiger partial charge is 0.136 e. The van der Waals surface area contributed by atoms with Crippen LogP contribution in [-0.4, -0.2) is 0 Å². The van der Waals surface area contributed by atoms with E-state index >= 15 is 0 Å². The van der Waals surface area contributed by atoms with Crippen LogP contribution in [0.4, 0.5) is 0 Å². The van der Waals surface area contributed by atoms with E-state index in [2.05, 4.69) is 103 Å². The molecular formula is C20H18P+. The number of hydrogen-bond acceptors (Lipinski definition) is 0.